The van der Waals surface area contributed by atoms with Crippen LogP contribution in [0.4, 0.5) is 19.1 Å². The molecule has 1 fully saturated rings. The topological polar surface area (TPSA) is 104 Å². The lowest BCUT2D eigenvalue weighted by Crippen LogP contribution is -2.56. The number of piperazine rings is 1. The maximum atomic E-state index is 14.8. The normalized spacial score (nSPS) is 18.2. The number of ether oxygens (including phenoxy) is 2. The Kier molecular flexibility index (Phi) is 7.64. The maximum absolute atomic E-state index is 14.8. The molecule has 3 heterocycles. The maximum Gasteiger partial charge on any atom is 0.413 e. The number of nitrogens with one attached hydrogen (secondary N) is 1. The number of hydrogen-bond donors (Lipinski definition) is 2. The van der Waals surface area contributed by atoms with Gasteiger partial charge in [-0.15, -0.1) is 0 Å². The lowest BCUT2D eigenvalue weighted by molar-refractivity contribution is -0.00298. The smallest absolute Gasteiger partial charge is 0.413 e. The van der Waals surface area contributed by atoms with Crippen LogP contribution < -0.4 is 5.32 Å². The van der Waals surface area contributed by atoms with Crippen molar-refractivity contribution in [3.05, 3.63) is 45.2 Å². The highest BCUT2D eigenvalue weighted by molar-refractivity contribution is 7.22. The van der Waals surface area contributed by atoms with Gasteiger partial charge >= 0.3 is 12.2 Å². The fourth-order valence-electron chi connectivity index (χ4n) is 4.82. The molecule has 5 rings (SSSR count). The van der Waals surface area contributed by atoms with Crippen molar-refractivity contribution in [1.82, 2.24) is 14.8 Å². The van der Waals surface area contributed by atoms with Gasteiger partial charge < -0.3 is 19.5 Å². The standard InChI is InChI=1S/C26H27Cl2FN4O5S/c1-26(2,3)38-24(34)31-23-30-21-15(4-5-18(29)22(21)39-23)19-17(27)8-13-9-32-6-7-33(25(35)36)10-14(32)11-37-12-16(13)20(19)28/h4-5,8,14H,6-7,9-12H2,1-3H3,(H,35,36)(H,30,31,34)/t14-/m0/s1. The number of thiazole rings is 1. The van der Waals surface area contributed by atoms with Gasteiger partial charge in [-0.05, 0) is 44.5 Å². The highest BCUT2D eigenvalue weighted by atomic mass is 35.5. The number of carbonyl (C=O) groups excluding carboxylic acids is 1. The molecule has 13 heteroatoms. The molecule has 9 nitrogen and oxygen atoms in total. The van der Waals surface area contributed by atoms with Gasteiger partial charge in [0, 0.05) is 42.9 Å². The first kappa shape index (κ1) is 27.9. The number of aromatic nitrogens is 1. The van der Waals surface area contributed by atoms with Crippen molar-refractivity contribution >= 4 is 62.1 Å². The number of anilines is 1. The number of hydrogen-bond acceptors (Lipinski definition) is 7. The van der Waals surface area contributed by atoms with Gasteiger partial charge in [0.05, 0.1) is 39.5 Å². The number of fused-ring (bicyclic) bond motifs is 3. The average Bonchev–Trinajstić information content (AvgIpc) is 3.24. The summed E-state index contributed by atoms with van der Waals surface area (Å²) in [6.45, 7) is 7.65. The van der Waals surface area contributed by atoms with Crippen LogP contribution in [0.25, 0.3) is 21.3 Å². The van der Waals surface area contributed by atoms with Crippen LogP contribution in [-0.4, -0.2) is 70.0 Å². The van der Waals surface area contributed by atoms with E-state index in [9.17, 15) is 19.1 Å². The first-order valence-electron chi connectivity index (χ1n) is 12.3. The van der Waals surface area contributed by atoms with Crippen LogP contribution in [0.3, 0.4) is 0 Å². The minimum Gasteiger partial charge on any atom is -0.465 e. The number of benzene rings is 2. The Morgan fingerprint density at radius 2 is 2.05 bits per heavy atom. The Morgan fingerprint density at radius 1 is 1.28 bits per heavy atom. The number of nitrogens with zero attached hydrogens (tertiary/aromatic N) is 3. The van der Waals surface area contributed by atoms with E-state index in [2.05, 4.69) is 15.2 Å². The summed E-state index contributed by atoms with van der Waals surface area (Å²) in [5.74, 6) is -0.489. The molecule has 2 aliphatic rings. The summed E-state index contributed by atoms with van der Waals surface area (Å²) in [7, 11) is 0. The number of rotatable bonds is 2. The summed E-state index contributed by atoms with van der Waals surface area (Å²) in [5, 5.41) is 12.9. The van der Waals surface area contributed by atoms with Gasteiger partial charge in [-0.25, -0.2) is 19.0 Å². The van der Waals surface area contributed by atoms with Crippen LogP contribution >= 0.6 is 34.5 Å². The molecule has 2 aliphatic heterocycles. The highest BCUT2D eigenvalue weighted by Gasteiger charge is 2.32. The summed E-state index contributed by atoms with van der Waals surface area (Å²) >= 11 is 14.7. The van der Waals surface area contributed by atoms with Crippen LogP contribution in [0.1, 0.15) is 31.9 Å². The first-order valence-corrected chi connectivity index (χ1v) is 13.9. The van der Waals surface area contributed by atoms with Crippen LogP contribution in [0, 0.1) is 5.82 Å². The van der Waals surface area contributed by atoms with E-state index in [1.165, 1.54) is 11.0 Å². The fourth-order valence-corrected chi connectivity index (χ4v) is 6.46. The van der Waals surface area contributed by atoms with E-state index in [4.69, 9.17) is 32.7 Å². The van der Waals surface area contributed by atoms with Crippen molar-refractivity contribution in [3.8, 4) is 11.1 Å². The third-order valence-corrected chi connectivity index (χ3v) is 8.28. The first-order chi connectivity index (χ1) is 18.4. The molecule has 0 spiro atoms. The molecule has 1 aromatic heterocycles. The minimum atomic E-state index is -0.940. The molecule has 2 aromatic carbocycles. The summed E-state index contributed by atoms with van der Waals surface area (Å²) in [4.78, 5) is 31.8. The van der Waals surface area contributed by atoms with Gasteiger partial charge in [0.2, 0.25) is 0 Å². The average molecular weight is 597 g/mol. The number of carboxylic acid groups (broad SMARTS) is 1. The molecular weight excluding hydrogens is 570 g/mol. The predicted molar refractivity (Wildman–Crippen MR) is 148 cm³/mol. The van der Waals surface area contributed by atoms with Crippen LogP contribution in [0.5, 0.6) is 0 Å². The van der Waals surface area contributed by atoms with Gasteiger partial charge in [-0.2, -0.15) is 0 Å². The SMILES string of the molecule is CC(C)(C)OC(=O)Nc1nc2c(-c3c(Cl)cc4c(c3Cl)COC[C@@H]3CN(C(=O)O)CCN3C4)ccc(F)c2s1. The molecule has 39 heavy (non-hydrogen) atoms. The highest BCUT2D eigenvalue weighted by Crippen LogP contribution is 2.44. The Morgan fingerprint density at radius 3 is 2.77 bits per heavy atom. The van der Waals surface area contributed by atoms with Crippen molar-refractivity contribution in [2.24, 2.45) is 0 Å². The zero-order chi connectivity index (χ0) is 28.1. The zero-order valence-corrected chi connectivity index (χ0v) is 23.8. The molecular formula is C26H27Cl2FN4O5S. The number of halogens is 3. The molecule has 1 atom stereocenters. The summed E-state index contributed by atoms with van der Waals surface area (Å²) in [5.41, 5.74) is 2.26. The van der Waals surface area contributed by atoms with E-state index in [1.54, 1.807) is 26.8 Å². The second-order valence-corrected chi connectivity index (χ2v) is 12.3. The van der Waals surface area contributed by atoms with E-state index < -0.39 is 23.6 Å². The molecule has 2 N–H and O–H groups in total. The number of carbonyl (C=O) groups is 2. The van der Waals surface area contributed by atoms with Crippen molar-refractivity contribution < 1.29 is 28.6 Å². The predicted octanol–water partition coefficient (Wildman–Crippen LogP) is 6.45. The molecule has 0 unspecified atom stereocenters. The van der Waals surface area contributed by atoms with Crippen molar-refractivity contribution in [2.75, 3.05) is 31.6 Å². The minimum absolute atomic E-state index is 0.0807. The lowest BCUT2D eigenvalue weighted by Gasteiger charge is -2.41. The second kappa shape index (κ2) is 10.7. The van der Waals surface area contributed by atoms with E-state index >= 15 is 0 Å². The van der Waals surface area contributed by atoms with Gasteiger partial charge in [-0.1, -0.05) is 34.5 Å². The van der Waals surface area contributed by atoms with Crippen LogP contribution in [0.15, 0.2) is 18.2 Å². The molecule has 0 saturated carbocycles. The monoisotopic (exact) mass is 596 g/mol. The van der Waals surface area contributed by atoms with E-state index in [1.807, 2.05) is 6.07 Å². The van der Waals surface area contributed by atoms with Gasteiger partial charge in [-0.3, -0.25) is 10.2 Å². The lowest BCUT2D eigenvalue weighted by atomic mass is 9.96. The Balaban J connectivity index is 1.50. The van der Waals surface area contributed by atoms with E-state index in [-0.39, 0.29) is 22.5 Å². The zero-order valence-electron chi connectivity index (χ0n) is 21.5. The van der Waals surface area contributed by atoms with Crippen molar-refractivity contribution in [1.29, 1.82) is 0 Å². The van der Waals surface area contributed by atoms with E-state index in [0.717, 1.165) is 22.5 Å². The molecule has 208 valence electrons. The molecule has 3 aromatic rings. The van der Waals surface area contributed by atoms with Crippen molar-refractivity contribution in [3.63, 3.8) is 0 Å². The third kappa shape index (κ3) is 5.78. The van der Waals surface area contributed by atoms with Crippen molar-refractivity contribution in [2.45, 2.75) is 45.6 Å². The van der Waals surface area contributed by atoms with Crippen LogP contribution in [-0.2, 0) is 22.6 Å². The van der Waals surface area contributed by atoms with Gasteiger partial charge in [0.25, 0.3) is 0 Å². The molecule has 2 amide bonds. The molecule has 0 radical (unpaired) electrons. The van der Waals surface area contributed by atoms with E-state index in [0.29, 0.717) is 59.5 Å². The Bertz CT molecular complexity index is 1460. The third-order valence-electron chi connectivity index (χ3n) is 6.59. The summed E-state index contributed by atoms with van der Waals surface area (Å²) in [6, 6.07) is 4.63. The fraction of sp³-hybridized carbons (Fsp3) is 0.423. The van der Waals surface area contributed by atoms with Crippen LogP contribution in [0.2, 0.25) is 10.0 Å². The van der Waals surface area contributed by atoms with Gasteiger partial charge in [0.1, 0.15) is 11.4 Å². The summed E-state index contributed by atoms with van der Waals surface area (Å²) in [6.07, 6.45) is -1.63. The Hall–Kier alpha value is -2.70. The molecule has 0 aliphatic carbocycles. The molecule has 0 bridgehead atoms. The molecule has 1 saturated heterocycles. The summed E-state index contributed by atoms with van der Waals surface area (Å²) < 4.78 is 26.3. The Labute approximate surface area is 238 Å². The largest absolute Gasteiger partial charge is 0.465 e. The second-order valence-electron chi connectivity index (χ2n) is 10.5. The van der Waals surface area contributed by atoms with Gasteiger partial charge in [0.15, 0.2) is 5.13 Å². The number of amides is 2. The quantitative estimate of drug-likeness (QED) is 0.350.